The second-order valence-corrected chi connectivity index (χ2v) is 8.43. The first-order valence-electron chi connectivity index (χ1n) is 10.2. The summed E-state index contributed by atoms with van der Waals surface area (Å²) in [6, 6.07) is 9.10. The van der Waals surface area contributed by atoms with Crippen molar-refractivity contribution in [1.29, 1.82) is 0 Å². The molecule has 1 aliphatic heterocycles. The number of piperazine rings is 1. The lowest BCUT2D eigenvalue weighted by Gasteiger charge is -2.38. The third-order valence-corrected chi connectivity index (χ3v) is 6.26. The molecule has 144 valence electrons. The topological polar surface area (TPSA) is 67.1 Å². The molecule has 3 N–H and O–H groups in total. The zero-order valence-electron chi connectivity index (χ0n) is 16.8. The lowest BCUT2D eigenvalue weighted by atomic mass is 9.69. The van der Waals surface area contributed by atoms with Crippen LogP contribution in [0.15, 0.2) is 24.3 Å². The molecule has 0 amide bonds. The summed E-state index contributed by atoms with van der Waals surface area (Å²) in [6.45, 7) is 10.7. The number of nitrogen functional groups attached to an aromatic ring is 1. The fourth-order valence-corrected chi connectivity index (χ4v) is 4.57. The first-order valence-corrected chi connectivity index (χ1v) is 10.2. The number of nitrogens with one attached hydrogen (secondary N) is 1. The molecule has 1 aromatic carbocycles. The van der Waals surface area contributed by atoms with E-state index in [1.165, 1.54) is 16.7 Å². The predicted octanol–water partition coefficient (Wildman–Crippen LogP) is 3.23. The number of hydrogen-bond acceptors (Lipinski definition) is 5. The van der Waals surface area contributed by atoms with Gasteiger partial charge in [0.1, 0.15) is 5.82 Å². The van der Waals surface area contributed by atoms with Crippen molar-refractivity contribution in [2.75, 3.05) is 36.8 Å². The monoisotopic (exact) mass is 365 g/mol. The fraction of sp³-hybridized carbons (Fsp3) is 0.545. The van der Waals surface area contributed by atoms with Crippen LogP contribution in [0.25, 0.3) is 0 Å². The Morgan fingerprint density at radius 3 is 2.48 bits per heavy atom. The Morgan fingerprint density at radius 2 is 1.81 bits per heavy atom. The molecule has 1 fully saturated rings. The summed E-state index contributed by atoms with van der Waals surface area (Å²) in [6.07, 6.45) is 3.29. The van der Waals surface area contributed by atoms with E-state index >= 15 is 0 Å². The van der Waals surface area contributed by atoms with Crippen LogP contribution in [0.1, 0.15) is 61.9 Å². The Labute approximate surface area is 162 Å². The molecule has 1 unspecified atom stereocenters. The van der Waals surface area contributed by atoms with Gasteiger partial charge in [-0.25, -0.2) is 4.98 Å². The minimum absolute atomic E-state index is 0.108. The minimum atomic E-state index is -0.108. The van der Waals surface area contributed by atoms with Gasteiger partial charge in [-0.3, -0.25) is 0 Å². The Bertz CT molecular complexity index is 808. The summed E-state index contributed by atoms with van der Waals surface area (Å²) in [5, 5.41) is 3.42. The van der Waals surface area contributed by atoms with Crippen molar-refractivity contribution in [3.8, 4) is 0 Å². The van der Waals surface area contributed by atoms with Gasteiger partial charge in [0.2, 0.25) is 5.95 Å². The lowest BCUT2D eigenvalue weighted by molar-refractivity contribution is 0.448. The van der Waals surface area contributed by atoms with Gasteiger partial charge >= 0.3 is 0 Å². The van der Waals surface area contributed by atoms with Crippen molar-refractivity contribution < 1.29 is 0 Å². The zero-order valence-corrected chi connectivity index (χ0v) is 16.8. The van der Waals surface area contributed by atoms with Gasteiger partial charge in [-0.2, -0.15) is 4.98 Å². The molecule has 1 saturated heterocycles. The molecule has 2 aliphatic rings. The second-order valence-electron chi connectivity index (χ2n) is 8.43. The summed E-state index contributed by atoms with van der Waals surface area (Å²) in [5.74, 6) is 2.00. The largest absolute Gasteiger partial charge is 0.368 e. The molecular weight excluding hydrogens is 334 g/mol. The molecule has 5 heteroatoms. The second kappa shape index (κ2) is 7.12. The summed E-state index contributed by atoms with van der Waals surface area (Å²) in [7, 11) is 0. The zero-order chi connectivity index (χ0) is 19.0. The standard InChI is InChI=1S/C22H31N5/c1-15(2)16-6-8-17(9-7-16)22(3)10-4-5-18-19(22)25-21(23)26-20(18)27-13-11-24-12-14-27/h6-9,15,24H,4-5,10-14H2,1-3H3,(H2,23,25,26). The highest BCUT2D eigenvalue weighted by Gasteiger charge is 2.38. The van der Waals surface area contributed by atoms with E-state index < -0.39 is 0 Å². The third-order valence-electron chi connectivity index (χ3n) is 6.26. The van der Waals surface area contributed by atoms with Crippen molar-refractivity contribution >= 4 is 11.8 Å². The van der Waals surface area contributed by atoms with Gasteiger partial charge in [0.05, 0.1) is 5.69 Å². The maximum atomic E-state index is 6.19. The number of anilines is 2. The van der Waals surface area contributed by atoms with Crippen LogP contribution in [0.3, 0.4) is 0 Å². The first-order chi connectivity index (χ1) is 13.0. The van der Waals surface area contributed by atoms with E-state index in [-0.39, 0.29) is 5.41 Å². The molecule has 4 rings (SSSR count). The lowest BCUT2D eigenvalue weighted by Crippen LogP contribution is -2.45. The Kier molecular flexibility index (Phi) is 4.81. The Hall–Kier alpha value is -2.14. The van der Waals surface area contributed by atoms with Gasteiger partial charge in [0.25, 0.3) is 0 Å². The van der Waals surface area contributed by atoms with E-state index in [4.69, 9.17) is 10.7 Å². The molecule has 0 radical (unpaired) electrons. The van der Waals surface area contributed by atoms with Crippen LogP contribution in [0.5, 0.6) is 0 Å². The maximum absolute atomic E-state index is 6.19. The molecule has 1 aliphatic carbocycles. The molecule has 2 heterocycles. The molecule has 1 atom stereocenters. The number of nitrogens with zero attached hydrogens (tertiary/aromatic N) is 3. The van der Waals surface area contributed by atoms with E-state index in [1.54, 1.807) is 0 Å². The minimum Gasteiger partial charge on any atom is -0.368 e. The molecule has 1 aromatic heterocycles. The average molecular weight is 366 g/mol. The molecule has 5 nitrogen and oxygen atoms in total. The van der Waals surface area contributed by atoms with Crippen molar-refractivity contribution in [2.45, 2.75) is 51.4 Å². The summed E-state index contributed by atoms with van der Waals surface area (Å²) in [5.41, 5.74) is 11.2. The van der Waals surface area contributed by atoms with Crippen LogP contribution < -0.4 is 16.0 Å². The van der Waals surface area contributed by atoms with Crippen LogP contribution in [-0.4, -0.2) is 36.1 Å². The third kappa shape index (κ3) is 3.29. The smallest absolute Gasteiger partial charge is 0.222 e. The van der Waals surface area contributed by atoms with E-state index in [0.29, 0.717) is 11.9 Å². The molecule has 0 saturated carbocycles. The number of fused-ring (bicyclic) bond motifs is 1. The molecule has 2 aromatic rings. The predicted molar refractivity (Wildman–Crippen MR) is 111 cm³/mol. The quantitative estimate of drug-likeness (QED) is 0.874. The van der Waals surface area contributed by atoms with Crippen molar-refractivity contribution in [1.82, 2.24) is 15.3 Å². The molecule has 27 heavy (non-hydrogen) atoms. The highest BCUT2D eigenvalue weighted by Crippen LogP contribution is 2.44. The van der Waals surface area contributed by atoms with Crippen LogP contribution in [-0.2, 0) is 11.8 Å². The molecule has 0 spiro atoms. The van der Waals surface area contributed by atoms with E-state index in [1.807, 2.05) is 0 Å². The fourth-order valence-electron chi connectivity index (χ4n) is 4.57. The summed E-state index contributed by atoms with van der Waals surface area (Å²) in [4.78, 5) is 11.8. The number of benzene rings is 1. The maximum Gasteiger partial charge on any atom is 0.222 e. The number of aromatic nitrogens is 2. The number of hydrogen-bond donors (Lipinski definition) is 2. The van der Waals surface area contributed by atoms with Crippen LogP contribution in [0.4, 0.5) is 11.8 Å². The van der Waals surface area contributed by atoms with Crippen LogP contribution in [0.2, 0.25) is 0 Å². The summed E-state index contributed by atoms with van der Waals surface area (Å²) >= 11 is 0. The SMILES string of the molecule is CC(C)c1ccc(C2(C)CCCc3c(N4CCNCC4)nc(N)nc32)cc1. The van der Waals surface area contributed by atoms with Gasteiger partial charge in [-0.05, 0) is 43.2 Å². The van der Waals surface area contributed by atoms with E-state index in [9.17, 15) is 0 Å². The number of rotatable bonds is 3. The highest BCUT2D eigenvalue weighted by atomic mass is 15.2. The number of nitrogens with two attached hydrogens (primary N) is 1. The van der Waals surface area contributed by atoms with Gasteiger partial charge < -0.3 is 16.0 Å². The molecular formula is C22H31N5. The molecule has 0 bridgehead atoms. The van der Waals surface area contributed by atoms with Crippen LogP contribution >= 0.6 is 0 Å². The van der Waals surface area contributed by atoms with E-state index in [2.05, 4.69) is 60.2 Å². The average Bonchev–Trinajstić information content (AvgIpc) is 2.69. The van der Waals surface area contributed by atoms with Gasteiger partial charge in [0, 0.05) is 37.2 Å². The first kappa shape index (κ1) is 18.2. The Balaban J connectivity index is 1.79. The van der Waals surface area contributed by atoms with Gasteiger partial charge in [-0.15, -0.1) is 0 Å². The van der Waals surface area contributed by atoms with Crippen molar-refractivity contribution in [3.05, 3.63) is 46.6 Å². The Morgan fingerprint density at radius 1 is 1.11 bits per heavy atom. The normalized spacial score (nSPS) is 22.7. The summed E-state index contributed by atoms with van der Waals surface area (Å²) < 4.78 is 0. The van der Waals surface area contributed by atoms with E-state index in [0.717, 1.165) is 57.0 Å². The van der Waals surface area contributed by atoms with Gasteiger partial charge in [0.15, 0.2) is 0 Å². The van der Waals surface area contributed by atoms with Crippen molar-refractivity contribution in [2.24, 2.45) is 0 Å². The van der Waals surface area contributed by atoms with Crippen molar-refractivity contribution in [3.63, 3.8) is 0 Å². The van der Waals surface area contributed by atoms with Gasteiger partial charge in [-0.1, -0.05) is 38.1 Å². The van der Waals surface area contributed by atoms with Crippen LogP contribution in [0, 0.1) is 0 Å². The highest BCUT2D eigenvalue weighted by molar-refractivity contribution is 5.57.